The predicted molar refractivity (Wildman–Crippen MR) is 48.2 cm³/mol. The van der Waals surface area contributed by atoms with Crippen LogP contribution in [0, 0.1) is 0 Å². The van der Waals surface area contributed by atoms with Gasteiger partial charge in [-0.25, -0.2) is 9.37 Å². The maximum Gasteiger partial charge on any atom is 0.141 e. The number of halogens is 1. The van der Waals surface area contributed by atoms with E-state index < -0.39 is 6.67 Å². The third kappa shape index (κ3) is 1.33. The first kappa shape index (κ1) is 7.98. The fourth-order valence-corrected chi connectivity index (χ4v) is 1.25. The van der Waals surface area contributed by atoms with Crippen molar-refractivity contribution < 1.29 is 9.50 Å². The fourth-order valence-electron chi connectivity index (χ4n) is 1.25. The first-order valence-electron chi connectivity index (χ1n) is 3.95. The van der Waals surface area contributed by atoms with Crippen molar-refractivity contribution in [3.63, 3.8) is 0 Å². The Morgan fingerprint density at radius 2 is 2.08 bits per heavy atom. The molecule has 2 rings (SSSR count). The SMILES string of the molecule is Oc1cccc2ccc(CF)nc12. The summed E-state index contributed by atoms with van der Waals surface area (Å²) in [5, 5.41) is 10.2. The number of fused-ring (bicyclic) bond motifs is 1. The Morgan fingerprint density at radius 1 is 1.23 bits per heavy atom. The van der Waals surface area contributed by atoms with Crippen LogP contribution in [0.2, 0.25) is 0 Å². The number of para-hydroxylation sites is 1. The average Bonchev–Trinajstić information content (AvgIpc) is 2.18. The van der Waals surface area contributed by atoms with Gasteiger partial charge in [0.05, 0.1) is 5.69 Å². The minimum atomic E-state index is -0.607. The van der Waals surface area contributed by atoms with Crippen molar-refractivity contribution in [2.75, 3.05) is 0 Å². The molecule has 0 unspecified atom stereocenters. The lowest BCUT2D eigenvalue weighted by Gasteiger charge is -2.00. The Balaban J connectivity index is 2.74. The van der Waals surface area contributed by atoms with Gasteiger partial charge in [0.25, 0.3) is 0 Å². The summed E-state index contributed by atoms with van der Waals surface area (Å²) in [7, 11) is 0. The Bertz CT molecular complexity index is 442. The van der Waals surface area contributed by atoms with Crippen LogP contribution in [-0.2, 0) is 6.67 Å². The average molecular weight is 177 g/mol. The highest BCUT2D eigenvalue weighted by atomic mass is 19.1. The van der Waals surface area contributed by atoms with E-state index in [-0.39, 0.29) is 5.75 Å². The standard InChI is InChI=1S/C10H8FNO/c11-6-8-5-4-7-2-1-3-9(13)10(7)12-8/h1-5,13H,6H2. The molecule has 0 aliphatic carbocycles. The third-order valence-electron chi connectivity index (χ3n) is 1.89. The molecule has 0 radical (unpaired) electrons. The molecule has 0 saturated carbocycles. The van der Waals surface area contributed by atoms with Crippen LogP contribution in [0.4, 0.5) is 4.39 Å². The molecule has 1 heterocycles. The van der Waals surface area contributed by atoms with Crippen LogP contribution in [0.3, 0.4) is 0 Å². The molecule has 0 spiro atoms. The zero-order valence-corrected chi connectivity index (χ0v) is 6.87. The molecule has 0 fully saturated rings. The summed E-state index contributed by atoms with van der Waals surface area (Å²) < 4.78 is 12.2. The molecule has 0 aliphatic rings. The summed E-state index contributed by atoms with van der Waals surface area (Å²) in [6, 6.07) is 8.45. The number of hydrogen-bond donors (Lipinski definition) is 1. The van der Waals surface area contributed by atoms with Crippen LogP contribution >= 0.6 is 0 Å². The summed E-state index contributed by atoms with van der Waals surface area (Å²) >= 11 is 0. The second kappa shape index (κ2) is 3.01. The van der Waals surface area contributed by atoms with E-state index in [0.717, 1.165) is 5.39 Å². The van der Waals surface area contributed by atoms with Crippen molar-refractivity contribution in [2.24, 2.45) is 0 Å². The molecule has 2 aromatic rings. The van der Waals surface area contributed by atoms with Gasteiger partial charge in [-0.15, -0.1) is 0 Å². The van der Waals surface area contributed by atoms with Crippen LogP contribution in [0.25, 0.3) is 10.9 Å². The molecule has 1 aromatic carbocycles. The molecule has 0 atom stereocenters. The molecule has 2 nitrogen and oxygen atoms in total. The maximum atomic E-state index is 12.2. The van der Waals surface area contributed by atoms with Gasteiger partial charge >= 0.3 is 0 Å². The molecule has 66 valence electrons. The van der Waals surface area contributed by atoms with E-state index in [4.69, 9.17) is 0 Å². The molecule has 1 aromatic heterocycles. The molecular weight excluding hydrogens is 169 g/mol. The van der Waals surface area contributed by atoms with Gasteiger partial charge in [-0.1, -0.05) is 18.2 Å². The van der Waals surface area contributed by atoms with Gasteiger partial charge < -0.3 is 5.11 Å². The van der Waals surface area contributed by atoms with Gasteiger partial charge in [0.2, 0.25) is 0 Å². The van der Waals surface area contributed by atoms with E-state index in [2.05, 4.69) is 4.98 Å². The van der Waals surface area contributed by atoms with Gasteiger partial charge in [-0.3, -0.25) is 0 Å². The van der Waals surface area contributed by atoms with Gasteiger partial charge in [-0.05, 0) is 12.1 Å². The fraction of sp³-hybridized carbons (Fsp3) is 0.100. The minimum absolute atomic E-state index is 0.0906. The lowest BCUT2D eigenvalue weighted by atomic mass is 10.2. The van der Waals surface area contributed by atoms with Crippen LogP contribution < -0.4 is 0 Å². The first-order valence-corrected chi connectivity index (χ1v) is 3.95. The summed E-state index contributed by atoms with van der Waals surface area (Å²) in [5.74, 6) is 0.0906. The molecule has 13 heavy (non-hydrogen) atoms. The molecule has 3 heteroatoms. The molecular formula is C10H8FNO. The van der Waals surface area contributed by atoms with Crippen LogP contribution in [0.15, 0.2) is 30.3 Å². The number of phenols is 1. The Kier molecular flexibility index (Phi) is 1.85. The van der Waals surface area contributed by atoms with Crippen molar-refractivity contribution in [1.29, 1.82) is 0 Å². The Hall–Kier alpha value is -1.64. The Morgan fingerprint density at radius 3 is 2.85 bits per heavy atom. The number of benzene rings is 1. The maximum absolute atomic E-state index is 12.2. The second-order valence-corrected chi connectivity index (χ2v) is 2.79. The van der Waals surface area contributed by atoms with Crippen molar-refractivity contribution in [1.82, 2.24) is 4.98 Å². The number of pyridine rings is 1. The molecule has 1 N–H and O–H groups in total. The minimum Gasteiger partial charge on any atom is -0.506 e. The van der Waals surface area contributed by atoms with Crippen molar-refractivity contribution in [2.45, 2.75) is 6.67 Å². The van der Waals surface area contributed by atoms with Gasteiger partial charge in [0.15, 0.2) is 0 Å². The van der Waals surface area contributed by atoms with Gasteiger partial charge in [-0.2, -0.15) is 0 Å². The van der Waals surface area contributed by atoms with E-state index in [1.54, 1.807) is 18.2 Å². The lowest BCUT2D eigenvalue weighted by Crippen LogP contribution is -1.86. The monoisotopic (exact) mass is 177 g/mol. The first-order chi connectivity index (χ1) is 6.31. The molecule has 0 amide bonds. The van der Waals surface area contributed by atoms with Gasteiger partial charge in [0.1, 0.15) is 17.9 Å². The highest BCUT2D eigenvalue weighted by molar-refractivity contribution is 5.84. The Labute approximate surface area is 74.7 Å². The quantitative estimate of drug-likeness (QED) is 0.725. The van der Waals surface area contributed by atoms with E-state index in [1.807, 2.05) is 6.07 Å². The second-order valence-electron chi connectivity index (χ2n) is 2.79. The summed E-state index contributed by atoms with van der Waals surface area (Å²) in [5.41, 5.74) is 0.798. The number of hydrogen-bond acceptors (Lipinski definition) is 2. The zero-order chi connectivity index (χ0) is 9.26. The number of alkyl halides is 1. The molecule has 0 saturated heterocycles. The summed E-state index contributed by atoms with van der Waals surface area (Å²) in [4.78, 5) is 3.97. The predicted octanol–water partition coefficient (Wildman–Crippen LogP) is 2.41. The zero-order valence-electron chi connectivity index (χ0n) is 6.87. The number of phenolic OH excluding ortho intramolecular Hbond substituents is 1. The lowest BCUT2D eigenvalue weighted by molar-refractivity contribution is 0.472. The summed E-state index contributed by atoms with van der Waals surface area (Å²) in [6.45, 7) is -0.607. The smallest absolute Gasteiger partial charge is 0.141 e. The van der Waals surface area contributed by atoms with Crippen molar-refractivity contribution >= 4 is 10.9 Å². The molecule has 0 aliphatic heterocycles. The van der Waals surface area contributed by atoms with Crippen LogP contribution in [0.1, 0.15) is 5.69 Å². The third-order valence-corrected chi connectivity index (χ3v) is 1.89. The molecule has 0 bridgehead atoms. The van der Waals surface area contributed by atoms with E-state index >= 15 is 0 Å². The van der Waals surface area contributed by atoms with Crippen LogP contribution in [-0.4, -0.2) is 10.1 Å². The van der Waals surface area contributed by atoms with Crippen molar-refractivity contribution in [3.05, 3.63) is 36.0 Å². The normalized spacial score (nSPS) is 10.5. The van der Waals surface area contributed by atoms with E-state index in [9.17, 15) is 9.50 Å². The number of rotatable bonds is 1. The number of aromatic hydroxyl groups is 1. The largest absolute Gasteiger partial charge is 0.506 e. The highest BCUT2D eigenvalue weighted by Crippen LogP contribution is 2.22. The van der Waals surface area contributed by atoms with Gasteiger partial charge in [0, 0.05) is 5.39 Å². The topological polar surface area (TPSA) is 33.1 Å². The van der Waals surface area contributed by atoms with Crippen molar-refractivity contribution in [3.8, 4) is 5.75 Å². The number of nitrogens with zero attached hydrogens (tertiary/aromatic N) is 1. The highest BCUT2D eigenvalue weighted by Gasteiger charge is 2.01. The summed E-state index contributed by atoms with van der Waals surface area (Å²) in [6.07, 6.45) is 0. The van der Waals surface area contributed by atoms with E-state index in [1.165, 1.54) is 6.07 Å². The van der Waals surface area contributed by atoms with E-state index in [0.29, 0.717) is 11.2 Å². The van der Waals surface area contributed by atoms with Crippen LogP contribution in [0.5, 0.6) is 5.75 Å². The number of aromatic nitrogens is 1.